The third kappa shape index (κ3) is 4.38. The van der Waals surface area contributed by atoms with Gasteiger partial charge in [0.2, 0.25) is 0 Å². The highest BCUT2D eigenvalue weighted by atomic mass is 16.5. The molecule has 1 aromatic heterocycles. The molecule has 4 rings (SSSR count). The van der Waals surface area contributed by atoms with Gasteiger partial charge in [0.1, 0.15) is 11.5 Å². The number of aliphatic carboxylic acids is 1. The average molecular weight is 528 g/mol. The zero-order valence-corrected chi connectivity index (χ0v) is 25.8. The highest BCUT2D eigenvalue weighted by Crippen LogP contribution is 2.69. The first-order valence-electron chi connectivity index (χ1n) is 15.0. The number of fused-ring (bicyclic) bond motifs is 2. The lowest BCUT2D eigenvalue weighted by Gasteiger charge is -2.65. The van der Waals surface area contributed by atoms with Gasteiger partial charge in [-0.15, -0.1) is 0 Å². The molecular formula is C33H53NO4. The largest absolute Gasteiger partial charge is 0.481 e. The van der Waals surface area contributed by atoms with Gasteiger partial charge in [-0.3, -0.25) is 4.79 Å². The summed E-state index contributed by atoms with van der Waals surface area (Å²) in [6, 6.07) is 0. The number of hydrogen-bond acceptors (Lipinski definition) is 4. The van der Waals surface area contributed by atoms with Crippen LogP contribution >= 0.6 is 0 Å². The molecule has 1 unspecified atom stereocenters. The maximum Gasteiger partial charge on any atom is 0.309 e. The molecule has 0 bridgehead atoms. The summed E-state index contributed by atoms with van der Waals surface area (Å²) in [5.41, 5.74) is 0.314. The Bertz CT molecular complexity index is 1080. The second kappa shape index (κ2) is 9.20. The minimum atomic E-state index is -0.662. The first-order chi connectivity index (χ1) is 17.3. The topological polar surface area (TPSA) is 80.4 Å². The lowest BCUT2D eigenvalue weighted by Crippen LogP contribution is -2.60. The molecule has 6 atom stereocenters. The first-order valence-corrected chi connectivity index (χ1v) is 15.0. The van der Waals surface area contributed by atoms with Crippen LogP contribution in [0, 0.1) is 44.8 Å². The molecule has 0 spiro atoms. The van der Waals surface area contributed by atoms with Gasteiger partial charge in [0, 0.05) is 17.4 Å². The van der Waals surface area contributed by atoms with Gasteiger partial charge in [-0.05, 0) is 97.7 Å². The van der Waals surface area contributed by atoms with E-state index in [2.05, 4.69) is 67.5 Å². The monoisotopic (exact) mass is 527 g/mol. The van der Waals surface area contributed by atoms with E-state index in [0.717, 1.165) is 50.7 Å². The number of carboxylic acid groups (broad SMARTS) is 1. The van der Waals surface area contributed by atoms with E-state index in [-0.39, 0.29) is 44.7 Å². The summed E-state index contributed by atoms with van der Waals surface area (Å²) in [4.78, 5) is 25.7. The molecule has 2 fully saturated rings. The quantitative estimate of drug-likeness (QED) is 0.386. The number of carbonyl (C=O) groups is 2. The van der Waals surface area contributed by atoms with Crippen molar-refractivity contribution in [2.24, 2.45) is 44.8 Å². The smallest absolute Gasteiger partial charge is 0.309 e. The van der Waals surface area contributed by atoms with E-state index in [9.17, 15) is 14.7 Å². The molecule has 214 valence electrons. The molecule has 1 heterocycles. The molecule has 0 amide bonds. The molecule has 0 aliphatic heterocycles. The van der Waals surface area contributed by atoms with Gasteiger partial charge in [-0.25, -0.2) is 0 Å². The third-order valence-electron chi connectivity index (χ3n) is 12.7. The molecule has 0 aromatic carbocycles. The van der Waals surface area contributed by atoms with E-state index >= 15 is 0 Å². The van der Waals surface area contributed by atoms with Gasteiger partial charge >= 0.3 is 5.97 Å². The standard InChI is InChI=1S/C33H53NO4/c1-21-18-28(3,4)13-15-33(21,27(36)37)16-14-29(5,6)32(10)12-11-24-30(7,8)26-23(20-34-38-26)19-31(24,9)25(32)17-22(2)35/h20-21,24-25H,11-19H2,1-10H3,(H,36,37)/t21?,24-,25+,31-,32+,33-/m0/s1. The van der Waals surface area contributed by atoms with Crippen LogP contribution in [0.1, 0.15) is 132 Å². The number of Topliss-reactive ketones (excluding diaryl/α,β-unsaturated/α-hetero) is 1. The van der Waals surface area contributed by atoms with Gasteiger partial charge in [0.05, 0.1) is 11.6 Å². The van der Waals surface area contributed by atoms with Crippen LogP contribution in [0.4, 0.5) is 0 Å². The molecule has 5 nitrogen and oxygen atoms in total. The minimum Gasteiger partial charge on any atom is -0.481 e. The number of rotatable bonds is 7. The summed E-state index contributed by atoms with van der Waals surface area (Å²) < 4.78 is 5.79. The van der Waals surface area contributed by atoms with Crippen molar-refractivity contribution in [2.75, 3.05) is 0 Å². The van der Waals surface area contributed by atoms with E-state index in [1.807, 2.05) is 6.20 Å². The van der Waals surface area contributed by atoms with Gasteiger partial charge in [-0.1, -0.05) is 67.5 Å². The Labute approximate surface area is 230 Å². The number of ketones is 1. The summed E-state index contributed by atoms with van der Waals surface area (Å²) in [7, 11) is 0. The highest BCUT2D eigenvalue weighted by Gasteiger charge is 2.64. The molecule has 1 N–H and O–H groups in total. The number of nitrogens with zero attached hydrogens (tertiary/aromatic N) is 1. The van der Waals surface area contributed by atoms with Crippen LogP contribution in [-0.2, 0) is 21.4 Å². The SMILES string of the molecule is CC(=O)C[C@@H]1[C@@]2(C)Cc3cnoc3C(C)(C)[C@@H]2CC[C@@]1(C)C(C)(C)CC[C@@]1(C(=O)O)CCC(C)(C)CC1C. The summed E-state index contributed by atoms with van der Waals surface area (Å²) in [6.07, 6.45) is 9.69. The Morgan fingerprint density at radius 1 is 1.11 bits per heavy atom. The van der Waals surface area contributed by atoms with Crippen LogP contribution in [0.2, 0.25) is 0 Å². The highest BCUT2D eigenvalue weighted by molar-refractivity contribution is 5.76. The number of hydrogen-bond donors (Lipinski definition) is 1. The lowest BCUT2D eigenvalue weighted by atomic mass is 9.38. The second-order valence-electron chi connectivity index (χ2n) is 16.2. The summed E-state index contributed by atoms with van der Waals surface area (Å²) in [6.45, 7) is 22.6. The maximum absolute atomic E-state index is 12.8. The number of carboxylic acids is 1. The molecule has 38 heavy (non-hydrogen) atoms. The van der Waals surface area contributed by atoms with E-state index in [1.54, 1.807) is 6.92 Å². The normalized spacial score (nSPS) is 38.2. The fourth-order valence-electron chi connectivity index (χ4n) is 9.94. The van der Waals surface area contributed by atoms with E-state index in [1.165, 1.54) is 5.56 Å². The summed E-state index contributed by atoms with van der Waals surface area (Å²) >= 11 is 0. The number of carbonyl (C=O) groups excluding carboxylic acids is 1. The average Bonchev–Trinajstić information content (AvgIpc) is 3.24. The minimum absolute atomic E-state index is 0.0648. The first kappa shape index (κ1) is 29.3. The van der Waals surface area contributed by atoms with Crippen LogP contribution in [-0.4, -0.2) is 22.0 Å². The molecule has 0 radical (unpaired) electrons. The number of aromatic nitrogens is 1. The summed E-state index contributed by atoms with van der Waals surface area (Å²) in [5.74, 6) is 1.40. The van der Waals surface area contributed by atoms with Crippen LogP contribution in [0.5, 0.6) is 0 Å². The Balaban J connectivity index is 1.69. The second-order valence-corrected chi connectivity index (χ2v) is 16.2. The van der Waals surface area contributed by atoms with E-state index < -0.39 is 11.4 Å². The van der Waals surface area contributed by atoms with Crippen molar-refractivity contribution in [3.8, 4) is 0 Å². The zero-order valence-electron chi connectivity index (χ0n) is 25.8. The van der Waals surface area contributed by atoms with Crippen molar-refractivity contribution >= 4 is 11.8 Å². The van der Waals surface area contributed by atoms with Crippen molar-refractivity contribution in [2.45, 2.75) is 132 Å². The fourth-order valence-corrected chi connectivity index (χ4v) is 9.94. The van der Waals surface area contributed by atoms with Crippen molar-refractivity contribution in [1.29, 1.82) is 0 Å². The molecule has 3 aliphatic carbocycles. The lowest BCUT2D eigenvalue weighted by molar-refractivity contribution is -0.165. The van der Waals surface area contributed by atoms with Crippen molar-refractivity contribution in [3.63, 3.8) is 0 Å². The van der Waals surface area contributed by atoms with Crippen molar-refractivity contribution < 1.29 is 19.2 Å². The predicted molar refractivity (Wildman–Crippen MR) is 151 cm³/mol. The summed E-state index contributed by atoms with van der Waals surface area (Å²) in [5, 5.41) is 14.7. The van der Waals surface area contributed by atoms with Gasteiger partial charge in [0.25, 0.3) is 0 Å². The molecule has 3 aliphatic rings. The Morgan fingerprint density at radius 2 is 1.76 bits per heavy atom. The Hall–Kier alpha value is -1.65. The molecule has 1 aromatic rings. The van der Waals surface area contributed by atoms with Crippen LogP contribution in [0.25, 0.3) is 0 Å². The Morgan fingerprint density at radius 3 is 2.34 bits per heavy atom. The van der Waals surface area contributed by atoms with Crippen LogP contribution in [0.3, 0.4) is 0 Å². The molecule has 0 saturated heterocycles. The molecular weight excluding hydrogens is 474 g/mol. The maximum atomic E-state index is 12.8. The fraction of sp³-hybridized carbons (Fsp3) is 0.848. The van der Waals surface area contributed by atoms with E-state index in [0.29, 0.717) is 18.8 Å². The van der Waals surface area contributed by atoms with Crippen LogP contribution in [0.15, 0.2) is 10.7 Å². The van der Waals surface area contributed by atoms with E-state index in [4.69, 9.17) is 4.52 Å². The van der Waals surface area contributed by atoms with Crippen molar-refractivity contribution in [3.05, 3.63) is 17.5 Å². The van der Waals surface area contributed by atoms with Crippen LogP contribution < -0.4 is 0 Å². The Kier molecular flexibility index (Phi) is 7.10. The molecule has 2 saturated carbocycles. The van der Waals surface area contributed by atoms with Gasteiger partial charge in [0.15, 0.2) is 0 Å². The predicted octanol–water partition coefficient (Wildman–Crippen LogP) is 8.25. The van der Waals surface area contributed by atoms with Crippen molar-refractivity contribution in [1.82, 2.24) is 5.16 Å². The van der Waals surface area contributed by atoms with Gasteiger partial charge in [-0.2, -0.15) is 0 Å². The third-order valence-corrected chi connectivity index (χ3v) is 12.7. The zero-order chi connectivity index (χ0) is 28.5. The van der Waals surface area contributed by atoms with Gasteiger partial charge < -0.3 is 14.4 Å². The molecule has 5 heteroatoms.